The molecule has 1 aromatic carbocycles. The molecule has 4 nitrogen and oxygen atoms in total. The van der Waals surface area contributed by atoms with Crippen molar-refractivity contribution in [3.05, 3.63) is 59.4 Å². The molecule has 136 valence electrons. The van der Waals surface area contributed by atoms with Crippen LogP contribution in [0.4, 0.5) is 5.69 Å². The summed E-state index contributed by atoms with van der Waals surface area (Å²) < 4.78 is 0. The van der Waals surface area contributed by atoms with E-state index in [2.05, 4.69) is 17.1 Å². The predicted molar refractivity (Wildman–Crippen MR) is 102 cm³/mol. The third-order valence-corrected chi connectivity index (χ3v) is 7.46. The molecule has 4 fully saturated rings. The molecule has 2 heterocycles. The molecule has 0 saturated heterocycles. The van der Waals surface area contributed by atoms with Crippen LogP contribution in [0.1, 0.15) is 64.8 Å². The molecule has 0 atom stereocenters. The van der Waals surface area contributed by atoms with E-state index in [9.17, 15) is 9.59 Å². The van der Waals surface area contributed by atoms with Crippen molar-refractivity contribution in [2.24, 2.45) is 17.8 Å². The normalized spacial score (nSPS) is 33.6. The Morgan fingerprint density at radius 3 is 2.00 bits per heavy atom. The first kappa shape index (κ1) is 15.6. The van der Waals surface area contributed by atoms with Crippen molar-refractivity contribution in [1.82, 2.24) is 4.98 Å². The predicted octanol–water partition coefficient (Wildman–Crippen LogP) is 4.35. The van der Waals surface area contributed by atoms with Crippen molar-refractivity contribution in [2.45, 2.75) is 43.9 Å². The van der Waals surface area contributed by atoms with Crippen LogP contribution in [0.5, 0.6) is 0 Å². The van der Waals surface area contributed by atoms with Gasteiger partial charge in [0.15, 0.2) is 0 Å². The molecule has 4 aliphatic carbocycles. The molecule has 0 spiro atoms. The minimum absolute atomic E-state index is 0.250. The van der Waals surface area contributed by atoms with Gasteiger partial charge in [-0.3, -0.25) is 14.6 Å². The average molecular weight is 358 g/mol. The molecule has 5 aliphatic rings. The van der Waals surface area contributed by atoms with E-state index in [1.165, 1.54) is 55.2 Å². The SMILES string of the molecule is O=C1c2ccncc2C(=O)N1c1ccc(C23CC4CC(CC(C4)C2)C3)cc1. The minimum atomic E-state index is -0.273. The standard InChI is InChI=1S/C23H22N2O2/c26-21-19-5-6-24-13-20(19)22(27)25(21)18-3-1-17(2-4-18)23-10-14-7-15(11-23)9-16(8-14)12-23/h1-6,13-16H,7-12H2. The quantitative estimate of drug-likeness (QED) is 0.750. The lowest BCUT2D eigenvalue weighted by Gasteiger charge is -2.57. The first-order chi connectivity index (χ1) is 13.1. The van der Waals surface area contributed by atoms with Crippen LogP contribution in [0.3, 0.4) is 0 Å². The number of hydrogen-bond donors (Lipinski definition) is 0. The Labute approximate surface area is 158 Å². The molecular weight excluding hydrogens is 336 g/mol. The first-order valence-corrected chi connectivity index (χ1v) is 10.1. The van der Waals surface area contributed by atoms with E-state index in [1.54, 1.807) is 12.3 Å². The van der Waals surface area contributed by atoms with Gasteiger partial charge in [0.05, 0.1) is 16.8 Å². The van der Waals surface area contributed by atoms with Gasteiger partial charge in [-0.2, -0.15) is 0 Å². The summed E-state index contributed by atoms with van der Waals surface area (Å²) in [7, 11) is 0. The second-order valence-electron chi connectivity index (χ2n) is 9.11. The highest BCUT2D eigenvalue weighted by Gasteiger charge is 2.51. The van der Waals surface area contributed by atoms with Gasteiger partial charge in [0.2, 0.25) is 0 Å². The zero-order valence-electron chi connectivity index (χ0n) is 15.2. The molecule has 0 radical (unpaired) electrons. The summed E-state index contributed by atoms with van der Waals surface area (Å²) in [6.45, 7) is 0. The van der Waals surface area contributed by atoms with E-state index < -0.39 is 0 Å². The fourth-order valence-corrected chi connectivity index (χ4v) is 6.75. The Morgan fingerprint density at radius 1 is 0.815 bits per heavy atom. The lowest BCUT2D eigenvalue weighted by Crippen LogP contribution is -2.48. The van der Waals surface area contributed by atoms with Gasteiger partial charge in [0.25, 0.3) is 11.8 Å². The second kappa shape index (κ2) is 5.28. The molecule has 2 amide bonds. The molecule has 1 aliphatic heterocycles. The maximum Gasteiger partial charge on any atom is 0.267 e. The van der Waals surface area contributed by atoms with Crippen LogP contribution < -0.4 is 4.90 Å². The van der Waals surface area contributed by atoms with E-state index in [0.717, 1.165) is 17.8 Å². The van der Waals surface area contributed by atoms with E-state index in [0.29, 0.717) is 22.2 Å². The second-order valence-corrected chi connectivity index (χ2v) is 9.11. The molecule has 4 heteroatoms. The number of imide groups is 1. The van der Waals surface area contributed by atoms with Crippen molar-refractivity contribution in [2.75, 3.05) is 4.90 Å². The van der Waals surface area contributed by atoms with Gasteiger partial charge in [0, 0.05) is 12.4 Å². The summed E-state index contributed by atoms with van der Waals surface area (Å²) in [5.74, 6) is 2.18. The van der Waals surface area contributed by atoms with E-state index in [1.807, 2.05) is 12.1 Å². The smallest absolute Gasteiger partial charge is 0.267 e. The molecule has 4 saturated carbocycles. The van der Waals surface area contributed by atoms with Crippen molar-refractivity contribution in [1.29, 1.82) is 0 Å². The summed E-state index contributed by atoms with van der Waals surface area (Å²) in [6, 6.07) is 9.89. The number of anilines is 1. The number of pyridine rings is 1. The third kappa shape index (κ3) is 2.13. The van der Waals surface area contributed by atoms with Gasteiger partial charge >= 0.3 is 0 Å². The fraction of sp³-hybridized carbons (Fsp3) is 0.435. The fourth-order valence-electron chi connectivity index (χ4n) is 6.75. The Balaban J connectivity index is 1.33. The summed E-state index contributed by atoms with van der Waals surface area (Å²) in [5.41, 5.74) is 3.24. The number of benzene rings is 1. The molecule has 0 N–H and O–H groups in total. The van der Waals surface area contributed by atoms with Crippen LogP contribution in [-0.2, 0) is 5.41 Å². The van der Waals surface area contributed by atoms with Crippen molar-refractivity contribution >= 4 is 17.5 Å². The van der Waals surface area contributed by atoms with Crippen molar-refractivity contribution in [3.8, 4) is 0 Å². The lowest BCUT2D eigenvalue weighted by molar-refractivity contribution is -0.00518. The summed E-state index contributed by atoms with van der Waals surface area (Å²) in [5, 5.41) is 0. The topological polar surface area (TPSA) is 50.3 Å². The minimum Gasteiger partial charge on any atom is -0.268 e. The highest BCUT2D eigenvalue weighted by molar-refractivity contribution is 6.34. The molecular formula is C23H22N2O2. The largest absolute Gasteiger partial charge is 0.268 e. The summed E-state index contributed by atoms with van der Waals surface area (Å²) >= 11 is 0. The molecule has 1 aromatic heterocycles. The highest BCUT2D eigenvalue weighted by atomic mass is 16.2. The van der Waals surface area contributed by atoms with Crippen LogP contribution in [0, 0.1) is 17.8 Å². The molecule has 4 bridgehead atoms. The molecule has 27 heavy (non-hydrogen) atoms. The van der Waals surface area contributed by atoms with Crippen LogP contribution in [0.2, 0.25) is 0 Å². The maximum atomic E-state index is 12.7. The number of nitrogens with zero attached hydrogens (tertiary/aromatic N) is 2. The Hall–Kier alpha value is -2.49. The van der Waals surface area contributed by atoms with Crippen LogP contribution in [-0.4, -0.2) is 16.8 Å². The van der Waals surface area contributed by atoms with Crippen LogP contribution in [0.15, 0.2) is 42.7 Å². The van der Waals surface area contributed by atoms with Gasteiger partial charge in [-0.15, -0.1) is 0 Å². The van der Waals surface area contributed by atoms with Gasteiger partial charge in [-0.1, -0.05) is 12.1 Å². The number of carbonyl (C=O) groups excluding carboxylic acids is 2. The number of amides is 2. The van der Waals surface area contributed by atoms with Gasteiger partial charge in [-0.25, -0.2) is 4.90 Å². The molecule has 0 unspecified atom stereocenters. The lowest BCUT2D eigenvalue weighted by atomic mass is 9.48. The number of hydrogen-bond acceptors (Lipinski definition) is 3. The molecule has 7 rings (SSSR count). The van der Waals surface area contributed by atoms with Crippen molar-refractivity contribution < 1.29 is 9.59 Å². The van der Waals surface area contributed by atoms with Crippen molar-refractivity contribution in [3.63, 3.8) is 0 Å². The molecule has 2 aromatic rings. The first-order valence-electron chi connectivity index (χ1n) is 10.1. The Morgan fingerprint density at radius 2 is 1.41 bits per heavy atom. The third-order valence-electron chi connectivity index (χ3n) is 7.46. The summed E-state index contributed by atoms with van der Waals surface area (Å²) in [6.07, 6.45) is 11.3. The van der Waals surface area contributed by atoms with E-state index >= 15 is 0 Å². The monoisotopic (exact) mass is 358 g/mol. The number of fused-ring (bicyclic) bond motifs is 1. The Bertz CT molecular complexity index is 892. The number of carbonyl (C=O) groups is 2. The van der Waals surface area contributed by atoms with Gasteiger partial charge < -0.3 is 0 Å². The van der Waals surface area contributed by atoms with Crippen LogP contribution in [0.25, 0.3) is 0 Å². The van der Waals surface area contributed by atoms with E-state index in [4.69, 9.17) is 0 Å². The highest BCUT2D eigenvalue weighted by Crippen LogP contribution is 2.60. The van der Waals surface area contributed by atoms with Gasteiger partial charge in [0.1, 0.15) is 0 Å². The summed E-state index contributed by atoms with van der Waals surface area (Å²) in [4.78, 5) is 30.6. The van der Waals surface area contributed by atoms with E-state index in [-0.39, 0.29) is 11.8 Å². The number of aromatic nitrogens is 1. The van der Waals surface area contributed by atoms with Crippen LogP contribution >= 0.6 is 0 Å². The zero-order valence-corrected chi connectivity index (χ0v) is 15.2. The maximum absolute atomic E-state index is 12.7. The number of rotatable bonds is 2. The zero-order chi connectivity index (χ0) is 18.2. The average Bonchev–Trinajstić information content (AvgIpc) is 2.92. The van der Waals surface area contributed by atoms with Gasteiger partial charge in [-0.05, 0) is 85.5 Å². The Kier molecular flexibility index (Phi) is 3.04.